The summed E-state index contributed by atoms with van der Waals surface area (Å²) in [5.74, 6) is -1.69. The third-order valence-electron chi connectivity index (χ3n) is 11.8. The molecule has 6 rings (SSSR count). The summed E-state index contributed by atoms with van der Waals surface area (Å²) >= 11 is 0. The second kappa shape index (κ2) is 19.4. The van der Waals surface area contributed by atoms with Crippen molar-refractivity contribution in [3.8, 4) is 0 Å². The van der Waals surface area contributed by atoms with Crippen molar-refractivity contribution in [1.29, 1.82) is 0 Å². The summed E-state index contributed by atoms with van der Waals surface area (Å²) in [6, 6.07) is 16.7. The van der Waals surface area contributed by atoms with Gasteiger partial charge in [0.05, 0.1) is 42.9 Å². The number of sulfonamides is 1. The molecule has 0 unspecified atom stereocenters. The highest BCUT2D eigenvalue weighted by atomic mass is 32.2. The Balaban J connectivity index is 1.47. The molecule has 3 heterocycles. The van der Waals surface area contributed by atoms with Gasteiger partial charge in [-0.15, -0.1) is 0 Å². The first-order valence-corrected chi connectivity index (χ1v) is 28.5. The van der Waals surface area contributed by atoms with Gasteiger partial charge in [-0.3, -0.25) is 28.0 Å². The molecule has 370 valence electrons. The van der Waals surface area contributed by atoms with Crippen molar-refractivity contribution in [2.75, 3.05) is 29.5 Å². The van der Waals surface area contributed by atoms with Crippen LogP contribution >= 0.6 is 0 Å². The Hall–Kier alpha value is -5.48. The van der Waals surface area contributed by atoms with E-state index in [4.69, 9.17) is 5.14 Å². The molecule has 1 aromatic heterocycles. The fraction of sp³-hybridized carbons (Fsp3) is 0.295. The molecule has 4 aromatic rings. The van der Waals surface area contributed by atoms with Crippen molar-refractivity contribution >= 4 is 79.1 Å². The van der Waals surface area contributed by atoms with E-state index in [1.807, 2.05) is 0 Å². The quantitative estimate of drug-likeness (QED) is 0.0457. The molecule has 3 aromatic carbocycles. The number of rotatable bonds is 18. The number of carbonyl (C=O) groups is 1. The molecule has 0 bridgehead atoms. The Bertz CT molecular complexity index is 3420. The zero-order valence-electron chi connectivity index (χ0n) is 37.5. The van der Waals surface area contributed by atoms with Crippen LogP contribution in [0.1, 0.15) is 73.3 Å². The van der Waals surface area contributed by atoms with E-state index in [0.29, 0.717) is 50.7 Å². The predicted octanol–water partition coefficient (Wildman–Crippen LogP) is 4.41. The summed E-state index contributed by atoms with van der Waals surface area (Å²) < 4.78 is 160. The number of nitrogens with one attached hydrogen (secondary N) is 1. The molecule has 0 radical (unpaired) electrons. The molecule has 69 heavy (non-hydrogen) atoms. The molecule has 2 aliphatic rings. The lowest BCUT2D eigenvalue weighted by molar-refractivity contribution is -0.437. The van der Waals surface area contributed by atoms with Crippen LogP contribution in [-0.4, -0.2) is 106 Å². The van der Waals surface area contributed by atoms with E-state index in [0.717, 1.165) is 0 Å². The maximum atomic E-state index is 13.3. The Labute approximate surface area is 401 Å². The lowest BCUT2D eigenvalue weighted by Crippen LogP contribution is -2.28. The van der Waals surface area contributed by atoms with Crippen LogP contribution in [0.5, 0.6) is 0 Å². The first-order chi connectivity index (χ1) is 31.8. The van der Waals surface area contributed by atoms with Crippen molar-refractivity contribution in [2.45, 2.75) is 72.6 Å². The first kappa shape index (κ1) is 52.9. The van der Waals surface area contributed by atoms with Crippen LogP contribution in [-0.2, 0) is 67.9 Å². The summed E-state index contributed by atoms with van der Waals surface area (Å²) in [7, 11) is -21.9. The molecule has 0 spiro atoms. The highest BCUT2D eigenvalue weighted by Crippen LogP contribution is 2.49. The van der Waals surface area contributed by atoms with E-state index >= 15 is 0 Å². The Kier molecular flexibility index (Phi) is 14.8. The molecule has 7 N–H and O–H groups in total. The highest BCUT2D eigenvalue weighted by molar-refractivity contribution is 7.89. The molecule has 25 heteroatoms. The molecular weight excluding hydrogens is 999 g/mol. The fourth-order valence-electron chi connectivity index (χ4n) is 8.27. The number of carbonyl (C=O) groups excluding carboxylic acids is 1. The average Bonchev–Trinajstić information content (AvgIpc) is 3.58. The summed E-state index contributed by atoms with van der Waals surface area (Å²) in [5.41, 5.74) is 2.45. The zero-order valence-corrected chi connectivity index (χ0v) is 41.6. The smallest absolute Gasteiger partial charge is 0.294 e. The number of benzene rings is 3. The third kappa shape index (κ3) is 12.5. The zero-order chi connectivity index (χ0) is 51.1. The van der Waals surface area contributed by atoms with E-state index in [1.54, 1.807) is 67.5 Å². The summed E-state index contributed by atoms with van der Waals surface area (Å²) in [5, 5.41) is 7.93. The van der Waals surface area contributed by atoms with Gasteiger partial charge in [0.25, 0.3) is 46.4 Å². The molecule has 0 saturated carbocycles. The minimum absolute atomic E-state index is 0.0286. The second-order valence-electron chi connectivity index (χ2n) is 17.3. The number of hydrogen-bond acceptors (Lipinski definition) is 13. The SMILES string of the molecule is CC1(C)C(=CC=C(/C=C/C2=[N+](CCCS(=O)(=O)O)c3ccc(S(=O)(=O)O)cc3C2(C)C)c2ccc(C(=O)NCc3ccc(S(N)(=O)=O)cc3)cn2)N(CCCS(=O)(=O)O)c2ccc(S(=O)(=O)O)cc21. The largest absolute Gasteiger partial charge is 0.348 e. The number of hydrogen-bond donors (Lipinski definition) is 6. The average molecular weight is 1050 g/mol. The maximum absolute atomic E-state index is 13.3. The van der Waals surface area contributed by atoms with Gasteiger partial charge in [-0.2, -0.15) is 38.2 Å². The maximum Gasteiger partial charge on any atom is 0.294 e. The van der Waals surface area contributed by atoms with Gasteiger partial charge in [-0.25, -0.2) is 13.6 Å². The van der Waals surface area contributed by atoms with E-state index in [1.165, 1.54) is 72.9 Å². The number of nitrogens with zero attached hydrogens (tertiary/aromatic N) is 3. The fourth-order valence-corrected chi connectivity index (χ4v) is 10.8. The number of amides is 1. The summed E-state index contributed by atoms with van der Waals surface area (Å²) in [6.07, 6.45) is 7.96. The van der Waals surface area contributed by atoms with Crippen LogP contribution in [0.25, 0.3) is 5.57 Å². The Morgan fingerprint density at radius 1 is 0.739 bits per heavy atom. The minimum atomic E-state index is -4.64. The van der Waals surface area contributed by atoms with Crippen LogP contribution < -0.4 is 15.4 Å². The van der Waals surface area contributed by atoms with Crippen molar-refractivity contribution in [2.24, 2.45) is 5.14 Å². The monoisotopic (exact) mass is 1050 g/mol. The molecule has 1 amide bonds. The van der Waals surface area contributed by atoms with Gasteiger partial charge in [0.2, 0.25) is 15.7 Å². The Morgan fingerprint density at radius 3 is 1.88 bits per heavy atom. The van der Waals surface area contributed by atoms with Gasteiger partial charge in [-0.05, 0) is 98.1 Å². The number of anilines is 1. The minimum Gasteiger partial charge on any atom is -0.348 e. The number of fused-ring (bicyclic) bond motifs is 2. The predicted molar refractivity (Wildman–Crippen MR) is 256 cm³/mol. The number of pyridine rings is 1. The number of allylic oxidation sites excluding steroid dienone is 6. The highest BCUT2D eigenvalue weighted by Gasteiger charge is 2.45. The van der Waals surface area contributed by atoms with Crippen LogP contribution in [0.3, 0.4) is 0 Å². The van der Waals surface area contributed by atoms with Crippen LogP contribution in [0, 0.1) is 0 Å². The van der Waals surface area contributed by atoms with Crippen LogP contribution in [0.15, 0.2) is 124 Å². The van der Waals surface area contributed by atoms with Crippen molar-refractivity contribution in [1.82, 2.24) is 10.3 Å². The normalized spacial score (nSPS) is 16.9. The third-order valence-corrected chi connectivity index (χ3v) is 16.0. The van der Waals surface area contributed by atoms with E-state index < -0.39 is 78.7 Å². The van der Waals surface area contributed by atoms with Crippen molar-refractivity contribution in [3.63, 3.8) is 0 Å². The lowest BCUT2D eigenvalue weighted by Gasteiger charge is -2.27. The van der Waals surface area contributed by atoms with Crippen molar-refractivity contribution < 1.29 is 69.7 Å². The molecule has 0 aliphatic carbocycles. The molecular formula is C44H50N5O15S5+. The molecule has 0 atom stereocenters. The van der Waals surface area contributed by atoms with Gasteiger partial charge in [-0.1, -0.05) is 32.1 Å². The van der Waals surface area contributed by atoms with Crippen molar-refractivity contribution in [3.05, 3.63) is 137 Å². The lowest BCUT2D eigenvalue weighted by atomic mass is 9.81. The Morgan fingerprint density at radius 2 is 1.32 bits per heavy atom. The summed E-state index contributed by atoms with van der Waals surface area (Å²) in [4.78, 5) is 18.8. The molecule has 20 nitrogen and oxygen atoms in total. The second-order valence-corrected chi connectivity index (χ2v) is 24.9. The summed E-state index contributed by atoms with van der Waals surface area (Å²) in [6.45, 7) is 7.27. The number of primary sulfonamides is 1. The van der Waals surface area contributed by atoms with Gasteiger partial charge < -0.3 is 10.2 Å². The first-order valence-electron chi connectivity index (χ1n) is 20.8. The van der Waals surface area contributed by atoms with Gasteiger partial charge in [0.1, 0.15) is 6.54 Å². The van der Waals surface area contributed by atoms with Crippen LogP contribution in [0.2, 0.25) is 0 Å². The molecule has 0 fully saturated rings. The van der Waals surface area contributed by atoms with E-state index in [9.17, 15) is 65.1 Å². The standard InChI is InChI=1S/C44H49N5O15S5/c1-43(2)35-25-33(68(59,60)61)14-17-38(35)48(21-5-23-65(51,52)53)40(43)19-10-30(37-16-9-31(28-46-37)42(50)47-27-29-7-12-32(13-8-29)67(45,57)58)11-20-41-44(3,4)36-26-34(69(62,63)64)15-18-39(36)49(41)22-6-24-66(54,55)56/h7-20,25-26,28H,5-6,21-24,27H2,1-4H3,(H6-,45,47,50,51,52,53,54,55,56,57,58,59,60,61,62,63,64)/p+1. The van der Waals surface area contributed by atoms with E-state index in [2.05, 4.69) is 10.3 Å². The van der Waals surface area contributed by atoms with Gasteiger partial charge in [0, 0.05) is 65.8 Å². The molecule has 0 saturated heterocycles. The van der Waals surface area contributed by atoms with Crippen LogP contribution in [0.4, 0.5) is 11.4 Å². The van der Waals surface area contributed by atoms with Gasteiger partial charge in [0.15, 0.2) is 5.71 Å². The molecule has 2 aliphatic heterocycles. The van der Waals surface area contributed by atoms with E-state index in [-0.39, 0.29) is 52.7 Å². The topological polar surface area (TPSA) is 326 Å². The number of aromatic nitrogens is 1. The number of nitrogens with two attached hydrogens (primary N) is 1. The van der Waals surface area contributed by atoms with Gasteiger partial charge >= 0.3 is 0 Å².